The van der Waals surface area contributed by atoms with Crippen LogP contribution < -0.4 is 10.3 Å². The van der Waals surface area contributed by atoms with Crippen molar-refractivity contribution < 1.29 is 9.84 Å². The van der Waals surface area contributed by atoms with Crippen LogP contribution in [0.5, 0.6) is 5.75 Å². The van der Waals surface area contributed by atoms with E-state index in [9.17, 15) is 9.90 Å². The molecule has 1 aromatic heterocycles. The summed E-state index contributed by atoms with van der Waals surface area (Å²) >= 11 is 0. The number of ether oxygens (including phenoxy) is 1. The molecule has 24 heavy (non-hydrogen) atoms. The lowest BCUT2D eigenvalue weighted by Crippen LogP contribution is -2.31. The van der Waals surface area contributed by atoms with Gasteiger partial charge in [0.25, 0.3) is 5.56 Å². The highest BCUT2D eigenvalue weighted by Crippen LogP contribution is 2.19. The van der Waals surface area contributed by atoms with Crippen molar-refractivity contribution in [3.8, 4) is 5.75 Å². The topological polar surface area (TPSA) is 64.3 Å². The number of hydrogen-bond acceptors (Lipinski definition) is 4. The van der Waals surface area contributed by atoms with Crippen LogP contribution in [0.2, 0.25) is 0 Å². The van der Waals surface area contributed by atoms with Gasteiger partial charge in [-0.15, -0.1) is 0 Å². The molecule has 0 spiro atoms. The van der Waals surface area contributed by atoms with Crippen LogP contribution in [-0.4, -0.2) is 27.6 Å². The van der Waals surface area contributed by atoms with Crippen LogP contribution in [0.25, 0.3) is 10.8 Å². The second-order valence-electron chi connectivity index (χ2n) is 5.95. The van der Waals surface area contributed by atoms with Gasteiger partial charge in [-0.2, -0.15) is 5.10 Å². The molecule has 0 aliphatic rings. The summed E-state index contributed by atoms with van der Waals surface area (Å²) in [5.74, 6) is 0.743. The molecule has 0 fully saturated rings. The third-order valence-electron chi connectivity index (χ3n) is 3.92. The first-order valence-electron chi connectivity index (χ1n) is 7.87. The van der Waals surface area contributed by atoms with Crippen LogP contribution in [0.3, 0.4) is 0 Å². The summed E-state index contributed by atoms with van der Waals surface area (Å²) in [5, 5.41) is 15.7. The molecular weight excluding hydrogens is 304 g/mol. The molecule has 0 saturated carbocycles. The van der Waals surface area contributed by atoms with Crippen molar-refractivity contribution in [3.63, 3.8) is 0 Å². The van der Waals surface area contributed by atoms with Crippen LogP contribution in [0.1, 0.15) is 11.1 Å². The Morgan fingerprint density at radius 1 is 1.21 bits per heavy atom. The van der Waals surface area contributed by atoms with Gasteiger partial charge in [0, 0.05) is 5.39 Å². The SMILES string of the molecule is Cc1ccc(C)c(OCC(O)Cn2ncc3ccccc3c2=O)c1. The van der Waals surface area contributed by atoms with E-state index in [1.807, 2.05) is 50.2 Å². The zero-order valence-corrected chi connectivity index (χ0v) is 13.8. The van der Waals surface area contributed by atoms with Gasteiger partial charge in [0.2, 0.25) is 0 Å². The first-order valence-corrected chi connectivity index (χ1v) is 7.87. The van der Waals surface area contributed by atoms with Crippen LogP contribution >= 0.6 is 0 Å². The molecule has 3 aromatic rings. The van der Waals surface area contributed by atoms with E-state index in [1.165, 1.54) is 4.68 Å². The van der Waals surface area contributed by atoms with E-state index < -0.39 is 6.10 Å². The third-order valence-corrected chi connectivity index (χ3v) is 3.92. The van der Waals surface area contributed by atoms with Crippen molar-refractivity contribution in [1.82, 2.24) is 9.78 Å². The number of aryl methyl sites for hydroxylation is 2. The second-order valence-corrected chi connectivity index (χ2v) is 5.95. The Hall–Kier alpha value is -2.66. The minimum atomic E-state index is -0.823. The van der Waals surface area contributed by atoms with E-state index in [2.05, 4.69) is 5.10 Å². The Kier molecular flexibility index (Phi) is 4.62. The minimum Gasteiger partial charge on any atom is -0.491 e. The molecule has 5 heteroatoms. The summed E-state index contributed by atoms with van der Waals surface area (Å²) in [7, 11) is 0. The molecular formula is C19H20N2O3. The number of hydrogen-bond donors (Lipinski definition) is 1. The fourth-order valence-electron chi connectivity index (χ4n) is 2.56. The minimum absolute atomic E-state index is 0.0918. The number of benzene rings is 2. The Morgan fingerprint density at radius 2 is 2.00 bits per heavy atom. The van der Waals surface area contributed by atoms with Crippen molar-refractivity contribution in [2.75, 3.05) is 6.61 Å². The summed E-state index contributed by atoms with van der Waals surface area (Å²) in [5.41, 5.74) is 1.89. The van der Waals surface area contributed by atoms with Gasteiger partial charge in [-0.25, -0.2) is 4.68 Å². The molecule has 0 saturated heterocycles. The van der Waals surface area contributed by atoms with E-state index >= 15 is 0 Å². The molecule has 0 amide bonds. The molecule has 0 aliphatic carbocycles. The Labute approximate surface area is 140 Å². The number of fused-ring (bicyclic) bond motifs is 1. The van der Waals surface area contributed by atoms with Gasteiger partial charge in [0.05, 0.1) is 18.1 Å². The van der Waals surface area contributed by atoms with E-state index in [0.717, 1.165) is 22.3 Å². The monoisotopic (exact) mass is 324 g/mol. The average Bonchev–Trinajstić information content (AvgIpc) is 2.58. The Balaban J connectivity index is 1.71. The number of nitrogens with zero attached hydrogens (tertiary/aromatic N) is 2. The van der Waals surface area contributed by atoms with Crippen LogP contribution in [0.4, 0.5) is 0 Å². The molecule has 0 bridgehead atoms. The van der Waals surface area contributed by atoms with Gasteiger partial charge < -0.3 is 9.84 Å². The lowest BCUT2D eigenvalue weighted by molar-refractivity contribution is 0.0878. The molecule has 1 heterocycles. The van der Waals surface area contributed by atoms with Gasteiger partial charge in [0.1, 0.15) is 18.5 Å². The predicted molar refractivity (Wildman–Crippen MR) is 93.4 cm³/mol. The van der Waals surface area contributed by atoms with Crippen molar-refractivity contribution in [1.29, 1.82) is 0 Å². The van der Waals surface area contributed by atoms with Crippen LogP contribution in [0.15, 0.2) is 53.5 Å². The highest BCUT2D eigenvalue weighted by molar-refractivity contribution is 5.80. The van der Waals surface area contributed by atoms with Gasteiger partial charge >= 0.3 is 0 Å². The van der Waals surface area contributed by atoms with Crippen molar-refractivity contribution in [3.05, 3.63) is 70.1 Å². The highest BCUT2D eigenvalue weighted by Gasteiger charge is 2.11. The van der Waals surface area contributed by atoms with E-state index in [-0.39, 0.29) is 18.7 Å². The van der Waals surface area contributed by atoms with Crippen LogP contribution in [0, 0.1) is 13.8 Å². The molecule has 5 nitrogen and oxygen atoms in total. The van der Waals surface area contributed by atoms with E-state index in [0.29, 0.717) is 5.39 Å². The first-order chi connectivity index (χ1) is 11.5. The standard InChI is InChI=1S/C19H20N2O3/c1-13-7-8-14(2)18(9-13)24-12-16(22)11-21-19(23)17-6-4-3-5-15(17)10-20-21/h3-10,16,22H,11-12H2,1-2H3. The molecule has 2 aromatic carbocycles. The molecule has 124 valence electrons. The molecule has 1 unspecified atom stereocenters. The second kappa shape index (κ2) is 6.84. The molecule has 0 aliphatic heterocycles. The van der Waals surface area contributed by atoms with Gasteiger partial charge in [0.15, 0.2) is 0 Å². The lowest BCUT2D eigenvalue weighted by Gasteiger charge is -2.15. The van der Waals surface area contributed by atoms with Crippen molar-refractivity contribution >= 4 is 10.8 Å². The largest absolute Gasteiger partial charge is 0.491 e. The summed E-state index contributed by atoms with van der Waals surface area (Å²) in [6.07, 6.45) is 0.811. The van der Waals surface area contributed by atoms with Crippen LogP contribution in [-0.2, 0) is 6.54 Å². The highest BCUT2D eigenvalue weighted by atomic mass is 16.5. The smallest absolute Gasteiger partial charge is 0.274 e. The number of aliphatic hydroxyl groups is 1. The quantitative estimate of drug-likeness (QED) is 0.783. The fraction of sp³-hybridized carbons (Fsp3) is 0.263. The maximum atomic E-state index is 12.4. The molecule has 3 rings (SSSR count). The Morgan fingerprint density at radius 3 is 2.83 bits per heavy atom. The maximum absolute atomic E-state index is 12.4. The number of aromatic nitrogens is 2. The van der Waals surface area contributed by atoms with Gasteiger partial charge in [-0.3, -0.25) is 4.79 Å². The summed E-state index contributed by atoms with van der Waals surface area (Å²) in [6, 6.07) is 13.2. The third kappa shape index (κ3) is 3.46. The number of aliphatic hydroxyl groups excluding tert-OH is 1. The van der Waals surface area contributed by atoms with Crippen molar-refractivity contribution in [2.24, 2.45) is 0 Å². The molecule has 1 atom stereocenters. The van der Waals surface area contributed by atoms with E-state index in [4.69, 9.17) is 4.74 Å². The fourth-order valence-corrected chi connectivity index (χ4v) is 2.56. The lowest BCUT2D eigenvalue weighted by atomic mass is 10.1. The zero-order chi connectivity index (χ0) is 17.1. The van der Waals surface area contributed by atoms with Gasteiger partial charge in [-0.05, 0) is 37.1 Å². The zero-order valence-electron chi connectivity index (χ0n) is 13.8. The maximum Gasteiger partial charge on any atom is 0.274 e. The summed E-state index contributed by atoms with van der Waals surface area (Å²) in [6.45, 7) is 4.14. The first kappa shape index (κ1) is 16.2. The van der Waals surface area contributed by atoms with Gasteiger partial charge in [-0.1, -0.05) is 30.3 Å². The predicted octanol–water partition coefficient (Wildman–Crippen LogP) is 2.45. The summed E-state index contributed by atoms with van der Waals surface area (Å²) < 4.78 is 6.96. The molecule has 1 N–H and O–H groups in total. The Bertz CT molecular complexity index is 918. The van der Waals surface area contributed by atoms with Crippen molar-refractivity contribution in [2.45, 2.75) is 26.5 Å². The normalized spacial score (nSPS) is 12.3. The average molecular weight is 324 g/mol. The summed E-state index contributed by atoms with van der Waals surface area (Å²) in [4.78, 5) is 12.4. The van der Waals surface area contributed by atoms with E-state index in [1.54, 1.807) is 12.3 Å². The molecule has 0 radical (unpaired) electrons. The number of rotatable bonds is 5.